The summed E-state index contributed by atoms with van der Waals surface area (Å²) in [5.74, 6) is -0.0294. The first-order valence-corrected chi connectivity index (χ1v) is 6.03. The Balaban J connectivity index is 2.11. The Morgan fingerprint density at radius 2 is 2.40 bits per heavy atom. The molecule has 1 unspecified atom stereocenters. The van der Waals surface area contributed by atoms with Crippen LogP contribution in [-0.4, -0.2) is 29.3 Å². The Morgan fingerprint density at radius 3 is 3.05 bits per heavy atom. The van der Waals surface area contributed by atoms with Crippen LogP contribution in [0, 0.1) is 11.3 Å². The number of halogens is 1. The van der Waals surface area contributed by atoms with Crippen LogP contribution in [0.25, 0.3) is 0 Å². The number of amides is 2. The van der Waals surface area contributed by atoms with Crippen molar-refractivity contribution in [2.24, 2.45) is 0 Å². The number of benzene rings is 1. The summed E-state index contributed by atoms with van der Waals surface area (Å²) >= 11 is 5.80. The quantitative estimate of drug-likeness (QED) is 0.784. The lowest BCUT2D eigenvalue weighted by atomic mass is 10.1. The standard InChI is InChI=1S/C12H10ClN3O4/c13-6-1-2-9-8(3-6)16-11(17)10(20-9)4-7(5-14)15-12(18)19/h1-3,7,10,15H,4H2,(H,16,17)(H,18,19)/t7-,10?/m0/s1. The molecule has 0 saturated carbocycles. The van der Waals surface area contributed by atoms with Crippen molar-refractivity contribution >= 4 is 29.3 Å². The fourth-order valence-electron chi connectivity index (χ4n) is 1.78. The van der Waals surface area contributed by atoms with Gasteiger partial charge in [-0.15, -0.1) is 0 Å². The zero-order chi connectivity index (χ0) is 14.7. The molecule has 1 heterocycles. The number of hydrogen-bond donors (Lipinski definition) is 3. The molecule has 1 aromatic rings. The van der Waals surface area contributed by atoms with Crippen LogP contribution in [0.3, 0.4) is 0 Å². The molecule has 0 bridgehead atoms. The lowest BCUT2D eigenvalue weighted by molar-refractivity contribution is -0.123. The highest BCUT2D eigenvalue weighted by atomic mass is 35.5. The molecule has 1 aliphatic heterocycles. The fraction of sp³-hybridized carbons (Fsp3) is 0.250. The Labute approximate surface area is 119 Å². The molecule has 0 aliphatic carbocycles. The lowest BCUT2D eigenvalue weighted by Gasteiger charge is -2.27. The van der Waals surface area contributed by atoms with Gasteiger partial charge in [-0.25, -0.2) is 4.79 Å². The molecule has 0 spiro atoms. The van der Waals surface area contributed by atoms with Crippen molar-refractivity contribution in [2.45, 2.75) is 18.6 Å². The third kappa shape index (κ3) is 3.10. The van der Waals surface area contributed by atoms with E-state index in [0.717, 1.165) is 0 Å². The van der Waals surface area contributed by atoms with Crippen LogP contribution in [0.4, 0.5) is 10.5 Å². The van der Waals surface area contributed by atoms with Crippen molar-refractivity contribution in [1.29, 1.82) is 5.26 Å². The molecule has 1 aliphatic rings. The molecule has 20 heavy (non-hydrogen) atoms. The summed E-state index contributed by atoms with van der Waals surface area (Å²) in [7, 11) is 0. The van der Waals surface area contributed by atoms with E-state index in [1.807, 2.05) is 5.32 Å². The summed E-state index contributed by atoms with van der Waals surface area (Å²) < 4.78 is 5.46. The van der Waals surface area contributed by atoms with Crippen molar-refractivity contribution in [3.63, 3.8) is 0 Å². The van der Waals surface area contributed by atoms with E-state index < -0.39 is 24.1 Å². The molecular weight excluding hydrogens is 286 g/mol. The van der Waals surface area contributed by atoms with Crippen LogP contribution in [0.2, 0.25) is 5.02 Å². The minimum absolute atomic E-state index is 0.0866. The maximum absolute atomic E-state index is 11.8. The molecule has 7 nitrogen and oxygen atoms in total. The number of anilines is 1. The Kier molecular flexibility index (Phi) is 3.96. The highest BCUT2D eigenvalue weighted by Gasteiger charge is 2.30. The highest BCUT2D eigenvalue weighted by molar-refractivity contribution is 6.31. The molecule has 0 saturated heterocycles. The summed E-state index contributed by atoms with van der Waals surface area (Å²) in [5.41, 5.74) is 0.443. The minimum atomic E-state index is -1.33. The van der Waals surface area contributed by atoms with Gasteiger partial charge in [0.15, 0.2) is 6.10 Å². The van der Waals surface area contributed by atoms with E-state index in [0.29, 0.717) is 16.5 Å². The van der Waals surface area contributed by atoms with Gasteiger partial charge >= 0.3 is 6.09 Å². The molecule has 0 radical (unpaired) electrons. The molecule has 2 amide bonds. The van der Waals surface area contributed by atoms with Gasteiger partial charge in [-0.2, -0.15) is 5.26 Å². The monoisotopic (exact) mass is 295 g/mol. The molecule has 2 rings (SSSR count). The molecule has 0 aromatic heterocycles. The summed E-state index contributed by atoms with van der Waals surface area (Å²) in [6.45, 7) is 0. The highest BCUT2D eigenvalue weighted by Crippen LogP contribution is 2.32. The molecule has 2 atom stereocenters. The van der Waals surface area contributed by atoms with E-state index in [-0.39, 0.29) is 6.42 Å². The number of ether oxygens (including phenoxy) is 1. The van der Waals surface area contributed by atoms with Crippen LogP contribution in [-0.2, 0) is 4.79 Å². The number of fused-ring (bicyclic) bond motifs is 1. The zero-order valence-electron chi connectivity index (χ0n) is 10.1. The van der Waals surface area contributed by atoms with Crippen molar-refractivity contribution < 1.29 is 19.4 Å². The number of carbonyl (C=O) groups is 2. The Hall–Kier alpha value is -2.46. The second kappa shape index (κ2) is 5.67. The summed E-state index contributed by atoms with van der Waals surface area (Å²) in [4.78, 5) is 22.4. The summed E-state index contributed by atoms with van der Waals surface area (Å²) in [6, 6.07) is 5.47. The maximum atomic E-state index is 11.8. The van der Waals surface area contributed by atoms with Gasteiger partial charge < -0.3 is 20.5 Å². The third-order valence-corrected chi connectivity index (χ3v) is 2.90. The summed E-state index contributed by atoms with van der Waals surface area (Å²) in [5, 5.41) is 22.5. The predicted molar refractivity (Wildman–Crippen MR) is 69.7 cm³/mol. The smallest absolute Gasteiger partial charge is 0.405 e. The lowest BCUT2D eigenvalue weighted by Crippen LogP contribution is -2.43. The van der Waals surface area contributed by atoms with E-state index in [9.17, 15) is 9.59 Å². The second-order valence-electron chi connectivity index (χ2n) is 4.10. The van der Waals surface area contributed by atoms with Gasteiger partial charge in [0.1, 0.15) is 11.8 Å². The van der Waals surface area contributed by atoms with Crippen molar-refractivity contribution in [3.05, 3.63) is 23.2 Å². The number of carboxylic acid groups (broad SMARTS) is 1. The van der Waals surface area contributed by atoms with E-state index in [2.05, 4.69) is 5.32 Å². The number of carbonyl (C=O) groups excluding carboxylic acids is 1. The van der Waals surface area contributed by atoms with Gasteiger partial charge in [0.25, 0.3) is 5.91 Å². The molecule has 104 valence electrons. The van der Waals surface area contributed by atoms with Crippen LogP contribution in [0.5, 0.6) is 5.75 Å². The average Bonchev–Trinajstić information content (AvgIpc) is 2.38. The number of hydrogen-bond acceptors (Lipinski definition) is 4. The fourth-order valence-corrected chi connectivity index (χ4v) is 1.96. The van der Waals surface area contributed by atoms with Crippen LogP contribution < -0.4 is 15.4 Å². The average molecular weight is 296 g/mol. The molecule has 1 aromatic carbocycles. The van der Waals surface area contributed by atoms with Gasteiger partial charge in [-0.05, 0) is 18.2 Å². The van der Waals surface area contributed by atoms with E-state index >= 15 is 0 Å². The van der Waals surface area contributed by atoms with E-state index in [1.54, 1.807) is 24.3 Å². The topological polar surface area (TPSA) is 111 Å². The number of rotatable bonds is 3. The van der Waals surface area contributed by atoms with Gasteiger partial charge in [-0.1, -0.05) is 11.6 Å². The van der Waals surface area contributed by atoms with Gasteiger partial charge in [0.05, 0.1) is 11.8 Å². The van der Waals surface area contributed by atoms with E-state index in [4.69, 9.17) is 26.7 Å². The van der Waals surface area contributed by atoms with Gasteiger partial charge in [0, 0.05) is 11.4 Å². The Morgan fingerprint density at radius 1 is 1.65 bits per heavy atom. The van der Waals surface area contributed by atoms with Crippen molar-refractivity contribution in [2.75, 3.05) is 5.32 Å². The number of nitrogens with zero attached hydrogens (tertiary/aromatic N) is 1. The molecule has 8 heteroatoms. The van der Waals surface area contributed by atoms with Crippen molar-refractivity contribution in [3.8, 4) is 11.8 Å². The summed E-state index contributed by atoms with van der Waals surface area (Å²) in [6.07, 6.45) is -2.36. The molecule has 3 N–H and O–H groups in total. The first kappa shape index (κ1) is 14.0. The SMILES string of the molecule is N#C[C@H](CC1Oc2ccc(Cl)cc2NC1=O)NC(=O)O. The molecule has 0 fully saturated rings. The third-order valence-electron chi connectivity index (χ3n) is 2.66. The maximum Gasteiger partial charge on any atom is 0.405 e. The number of nitrogens with one attached hydrogen (secondary N) is 2. The normalized spacial score (nSPS) is 18.0. The largest absolute Gasteiger partial charge is 0.478 e. The first-order chi connectivity index (χ1) is 9.49. The van der Waals surface area contributed by atoms with Crippen LogP contribution in [0.15, 0.2) is 18.2 Å². The van der Waals surface area contributed by atoms with Crippen LogP contribution in [0.1, 0.15) is 6.42 Å². The molecular formula is C12H10ClN3O4. The number of nitriles is 1. The second-order valence-corrected chi connectivity index (χ2v) is 4.54. The predicted octanol–water partition coefficient (Wildman–Crippen LogP) is 1.59. The zero-order valence-corrected chi connectivity index (χ0v) is 10.8. The van der Waals surface area contributed by atoms with E-state index in [1.165, 1.54) is 0 Å². The first-order valence-electron chi connectivity index (χ1n) is 5.65. The van der Waals surface area contributed by atoms with Crippen LogP contribution >= 0.6 is 11.6 Å². The Bertz CT molecular complexity index is 599. The van der Waals surface area contributed by atoms with Crippen molar-refractivity contribution in [1.82, 2.24) is 5.32 Å². The van der Waals surface area contributed by atoms with Gasteiger partial charge in [0.2, 0.25) is 0 Å². The van der Waals surface area contributed by atoms with Gasteiger partial charge in [-0.3, -0.25) is 4.79 Å². The minimum Gasteiger partial charge on any atom is -0.478 e.